The summed E-state index contributed by atoms with van der Waals surface area (Å²) in [6, 6.07) is 18.4. The number of fused-ring (bicyclic) bond motifs is 1. The first kappa shape index (κ1) is 24.2. The number of hydrogen-bond donors (Lipinski definition) is 1. The number of aromatic nitrogens is 2. The molecular weight excluding hydrogens is 440 g/mol. The number of aryl methyl sites for hydroxylation is 3. The second-order valence-electron chi connectivity index (χ2n) is 8.93. The third kappa shape index (κ3) is 5.60. The Labute approximate surface area is 204 Å². The minimum Gasteiger partial charge on any atom is -0.489 e. The number of carboxylic acids is 1. The van der Waals surface area contributed by atoms with Crippen molar-refractivity contribution in [3.8, 4) is 5.75 Å². The summed E-state index contributed by atoms with van der Waals surface area (Å²) in [6.07, 6.45) is 2.77. The number of aromatic carboxylic acids is 1. The molecule has 0 fully saturated rings. The van der Waals surface area contributed by atoms with E-state index in [9.17, 15) is 9.59 Å². The molecule has 0 saturated carbocycles. The van der Waals surface area contributed by atoms with Crippen molar-refractivity contribution in [2.24, 2.45) is 0 Å². The molecule has 4 rings (SSSR count). The van der Waals surface area contributed by atoms with Gasteiger partial charge in [0.15, 0.2) is 0 Å². The molecule has 0 radical (unpaired) electrons. The number of hydrogen-bond acceptors (Lipinski definition) is 4. The smallest absolute Gasteiger partial charge is 0.335 e. The zero-order valence-corrected chi connectivity index (χ0v) is 20.4. The van der Waals surface area contributed by atoms with Gasteiger partial charge in [-0.3, -0.25) is 9.36 Å². The van der Waals surface area contributed by atoms with Gasteiger partial charge in [0.2, 0.25) is 0 Å². The number of nitrogens with zero attached hydrogens (tertiary/aromatic N) is 2. The van der Waals surface area contributed by atoms with E-state index in [1.54, 1.807) is 28.8 Å². The van der Waals surface area contributed by atoms with E-state index in [0.717, 1.165) is 58.6 Å². The Bertz CT molecular complexity index is 1420. The molecule has 0 saturated heterocycles. The Balaban J connectivity index is 1.56. The summed E-state index contributed by atoms with van der Waals surface area (Å²) in [5.41, 5.74) is 4.90. The van der Waals surface area contributed by atoms with Crippen LogP contribution in [0.3, 0.4) is 0 Å². The van der Waals surface area contributed by atoms with Crippen molar-refractivity contribution in [1.29, 1.82) is 0 Å². The highest BCUT2D eigenvalue weighted by molar-refractivity contribution is 5.87. The highest BCUT2D eigenvalue weighted by Crippen LogP contribution is 2.22. The second kappa shape index (κ2) is 10.6. The number of rotatable bonds is 9. The van der Waals surface area contributed by atoms with Crippen molar-refractivity contribution >= 4 is 16.9 Å². The molecule has 0 unspecified atom stereocenters. The maximum Gasteiger partial charge on any atom is 0.335 e. The third-order valence-corrected chi connectivity index (χ3v) is 6.12. The molecule has 0 amide bonds. The van der Waals surface area contributed by atoms with Crippen LogP contribution >= 0.6 is 0 Å². The SMILES string of the molecule is CCCCc1nc2ccc(C)cc2c(=O)n1Cc1ccc(OCc2ccc(C(=O)O)cc2)c(C)c1. The van der Waals surface area contributed by atoms with Gasteiger partial charge in [0, 0.05) is 6.42 Å². The molecule has 0 aliphatic carbocycles. The van der Waals surface area contributed by atoms with Crippen LogP contribution in [-0.2, 0) is 19.6 Å². The lowest BCUT2D eigenvalue weighted by Crippen LogP contribution is -2.26. The van der Waals surface area contributed by atoms with E-state index in [1.165, 1.54) is 0 Å². The number of ether oxygens (including phenoxy) is 1. The van der Waals surface area contributed by atoms with Gasteiger partial charge in [-0.15, -0.1) is 0 Å². The van der Waals surface area contributed by atoms with Crippen LogP contribution in [0, 0.1) is 13.8 Å². The summed E-state index contributed by atoms with van der Waals surface area (Å²) in [5, 5.41) is 9.69. The average Bonchev–Trinajstić information content (AvgIpc) is 2.85. The van der Waals surface area contributed by atoms with Gasteiger partial charge in [-0.05, 0) is 67.3 Å². The summed E-state index contributed by atoms with van der Waals surface area (Å²) in [7, 11) is 0. The first-order valence-corrected chi connectivity index (χ1v) is 11.9. The van der Waals surface area contributed by atoms with Gasteiger partial charge in [0.25, 0.3) is 5.56 Å². The Morgan fingerprint density at radius 2 is 1.74 bits per heavy atom. The monoisotopic (exact) mass is 470 g/mol. The van der Waals surface area contributed by atoms with E-state index in [4.69, 9.17) is 14.8 Å². The Hall–Kier alpha value is -3.93. The lowest BCUT2D eigenvalue weighted by molar-refractivity contribution is 0.0697. The van der Waals surface area contributed by atoms with E-state index >= 15 is 0 Å². The predicted octanol–water partition coefficient (Wildman–Crippen LogP) is 5.68. The largest absolute Gasteiger partial charge is 0.489 e. The molecule has 0 spiro atoms. The van der Waals surface area contributed by atoms with E-state index in [1.807, 2.05) is 50.2 Å². The lowest BCUT2D eigenvalue weighted by atomic mass is 10.1. The van der Waals surface area contributed by atoms with Gasteiger partial charge in [0.1, 0.15) is 18.2 Å². The van der Waals surface area contributed by atoms with E-state index in [0.29, 0.717) is 18.5 Å². The Morgan fingerprint density at radius 3 is 2.43 bits per heavy atom. The van der Waals surface area contributed by atoms with Gasteiger partial charge in [-0.25, -0.2) is 9.78 Å². The quantitative estimate of drug-likeness (QED) is 0.340. The van der Waals surface area contributed by atoms with Gasteiger partial charge < -0.3 is 9.84 Å². The Kier molecular flexibility index (Phi) is 7.30. The summed E-state index contributed by atoms with van der Waals surface area (Å²) in [4.78, 5) is 29.3. The molecule has 1 aromatic heterocycles. The van der Waals surface area contributed by atoms with Crippen molar-refractivity contribution in [2.45, 2.75) is 53.2 Å². The summed E-state index contributed by atoms with van der Waals surface area (Å²) >= 11 is 0. The van der Waals surface area contributed by atoms with Crippen molar-refractivity contribution < 1.29 is 14.6 Å². The maximum atomic E-state index is 13.4. The number of carboxylic acid groups (broad SMARTS) is 1. The van der Waals surface area contributed by atoms with Gasteiger partial charge in [0.05, 0.1) is 23.0 Å². The van der Waals surface area contributed by atoms with Crippen LogP contribution < -0.4 is 10.3 Å². The zero-order chi connectivity index (χ0) is 24.9. The molecular formula is C29H30N2O4. The molecule has 6 heteroatoms. The van der Waals surface area contributed by atoms with Gasteiger partial charge in [-0.1, -0.05) is 49.2 Å². The molecule has 1 N–H and O–H groups in total. The van der Waals surface area contributed by atoms with E-state index in [2.05, 4.69) is 6.92 Å². The highest BCUT2D eigenvalue weighted by Gasteiger charge is 2.13. The fraction of sp³-hybridized carbons (Fsp3) is 0.276. The normalized spacial score (nSPS) is 11.1. The van der Waals surface area contributed by atoms with Crippen LogP contribution in [0.2, 0.25) is 0 Å². The molecule has 0 aliphatic heterocycles. The topological polar surface area (TPSA) is 81.4 Å². The summed E-state index contributed by atoms with van der Waals surface area (Å²) in [5.74, 6) is 0.621. The molecule has 0 aliphatic rings. The Morgan fingerprint density at radius 1 is 1.00 bits per heavy atom. The van der Waals surface area contributed by atoms with E-state index in [-0.39, 0.29) is 11.1 Å². The van der Waals surface area contributed by atoms with Crippen molar-refractivity contribution in [3.63, 3.8) is 0 Å². The maximum absolute atomic E-state index is 13.4. The van der Waals surface area contributed by atoms with Crippen molar-refractivity contribution in [2.75, 3.05) is 0 Å². The molecule has 0 atom stereocenters. The summed E-state index contributed by atoms with van der Waals surface area (Å²) in [6.45, 7) is 6.89. The molecule has 180 valence electrons. The number of unbranched alkanes of at least 4 members (excludes halogenated alkanes) is 1. The fourth-order valence-electron chi connectivity index (χ4n) is 4.13. The van der Waals surface area contributed by atoms with Crippen molar-refractivity contribution in [3.05, 3.63) is 105 Å². The van der Waals surface area contributed by atoms with Crippen LogP contribution in [0.1, 0.15) is 58.2 Å². The molecule has 1 heterocycles. The molecule has 0 bridgehead atoms. The van der Waals surface area contributed by atoms with Gasteiger partial charge >= 0.3 is 5.97 Å². The van der Waals surface area contributed by atoms with Crippen LogP contribution in [0.5, 0.6) is 5.75 Å². The lowest BCUT2D eigenvalue weighted by Gasteiger charge is -2.15. The first-order chi connectivity index (χ1) is 16.9. The standard InChI is InChI=1S/C29H30N2O4/c1-4-5-6-27-30-25-13-7-19(2)15-24(25)28(32)31(27)17-22-10-14-26(20(3)16-22)35-18-21-8-11-23(12-9-21)29(33)34/h7-16H,4-6,17-18H2,1-3H3,(H,33,34). The minimum absolute atomic E-state index is 0.00686. The highest BCUT2D eigenvalue weighted by atomic mass is 16.5. The minimum atomic E-state index is -0.947. The average molecular weight is 471 g/mol. The van der Waals surface area contributed by atoms with Crippen LogP contribution in [0.25, 0.3) is 10.9 Å². The predicted molar refractivity (Wildman–Crippen MR) is 137 cm³/mol. The molecule has 6 nitrogen and oxygen atoms in total. The van der Waals surface area contributed by atoms with Crippen LogP contribution in [0.15, 0.2) is 65.5 Å². The molecule has 3 aromatic carbocycles. The zero-order valence-electron chi connectivity index (χ0n) is 20.4. The van der Waals surface area contributed by atoms with Gasteiger partial charge in [-0.2, -0.15) is 0 Å². The first-order valence-electron chi connectivity index (χ1n) is 11.9. The molecule has 35 heavy (non-hydrogen) atoms. The second-order valence-corrected chi connectivity index (χ2v) is 8.93. The van der Waals surface area contributed by atoms with Crippen molar-refractivity contribution in [1.82, 2.24) is 9.55 Å². The fourth-order valence-corrected chi connectivity index (χ4v) is 4.13. The molecule has 4 aromatic rings. The summed E-state index contributed by atoms with van der Waals surface area (Å²) < 4.78 is 7.77. The number of carbonyl (C=O) groups is 1. The van der Waals surface area contributed by atoms with Crippen LogP contribution in [0.4, 0.5) is 0 Å². The van der Waals surface area contributed by atoms with E-state index < -0.39 is 5.97 Å². The number of benzene rings is 3. The van der Waals surface area contributed by atoms with Crippen LogP contribution in [-0.4, -0.2) is 20.6 Å². The third-order valence-electron chi connectivity index (χ3n) is 6.12.